The Morgan fingerprint density at radius 1 is 1.32 bits per heavy atom. The van der Waals surface area contributed by atoms with Crippen LogP contribution in [-0.4, -0.2) is 31.1 Å². The van der Waals surface area contributed by atoms with Gasteiger partial charge >= 0.3 is 0 Å². The van der Waals surface area contributed by atoms with E-state index in [0.717, 1.165) is 6.42 Å². The van der Waals surface area contributed by atoms with Crippen molar-refractivity contribution < 1.29 is 9.62 Å². The maximum atomic E-state index is 9.36. The van der Waals surface area contributed by atoms with Gasteiger partial charge in [-0.2, -0.15) is 0 Å². The molecule has 2 aromatic rings. The number of nitrogens with zero attached hydrogens (tertiary/aromatic N) is 5. The highest BCUT2D eigenvalue weighted by Gasteiger charge is 2.33. The third-order valence-corrected chi connectivity index (χ3v) is 3.33. The van der Waals surface area contributed by atoms with Crippen LogP contribution < -0.4 is 0 Å². The van der Waals surface area contributed by atoms with Crippen LogP contribution in [-0.2, 0) is 5.54 Å². The number of tetrazole rings is 1. The molecule has 1 N–H and O–H groups in total. The molecule has 2 aromatic heterocycles. The lowest BCUT2D eigenvalue weighted by atomic mass is 9.82. The highest BCUT2D eigenvalue weighted by Crippen LogP contribution is 2.32. The van der Waals surface area contributed by atoms with Crippen molar-refractivity contribution >= 4 is 17.3 Å². The molecule has 0 saturated heterocycles. The summed E-state index contributed by atoms with van der Waals surface area (Å²) in [6.45, 7) is 10.5. The summed E-state index contributed by atoms with van der Waals surface area (Å²) in [5.74, 6) is 0.623. The van der Waals surface area contributed by atoms with E-state index in [2.05, 4.69) is 41.5 Å². The van der Waals surface area contributed by atoms with Gasteiger partial charge in [0.1, 0.15) is 0 Å². The summed E-state index contributed by atoms with van der Waals surface area (Å²) < 4.78 is 6.94. The molecule has 0 aliphatic rings. The molecule has 0 fully saturated rings. The summed E-state index contributed by atoms with van der Waals surface area (Å²) in [7, 11) is 0. The summed E-state index contributed by atoms with van der Waals surface area (Å²) in [5, 5.41) is 24.6. The Morgan fingerprint density at radius 3 is 2.50 bits per heavy atom. The van der Waals surface area contributed by atoms with Crippen LogP contribution in [0.25, 0.3) is 0 Å². The second-order valence-electron chi connectivity index (χ2n) is 7.02. The van der Waals surface area contributed by atoms with Crippen molar-refractivity contribution in [2.75, 3.05) is 0 Å². The Bertz CT molecular complexity index is 681. The third kappa shape index (κ3) is 3.47. The fourth-order valence-corrected chi connectivity index (χ4v) is 2.91. The smallest absolute Gasteiger partial charge is 0.208 e. The summed E-state index contributed by atoms with van der Waals surface area (Å²) in [6.07, 6.45) is 0.829. The second-order valence-corrected chi connectivity index (χ2v) is 7.39. The topological polar surface area (TPSA) is 89.3 Å². The molecule has 0 bridgehead atoms. The number of hydrogen-bond acceptors (Lipinski definition) is 6. The number of rotatable bonds is 4. The SMILES string of the molecule is CC(C)(C)CC(C)(C)n1nnnc1/C(=N\O)c1ccc(Cl)o1. The molecule has 120 valence electrons. The van der Waals surface area contributed by atoms with Gasteiger partial charge in [0.25, 0.3) is 0 Å². The molecule has 0 aliphatic carbocycles. The average molecular weight is 326 g/mol. The maximum Gasteiger partial charge on any atom is 0.208 e. The standard InChI is InChI=1S/C14H20ClN5O2/c1-13(2,3)8-14(4,5)20-12(16-18-19-20)11(17-21)9-6-7-10(15)22-9/h6-7,21H,8H2,1-5H3/b17-11-. The van der Waals surface area contributed by atoms with E-state index < -0.39 is 0 Å². The second kappa shape index (κ2) is 5.72. The van der Waals surface area contributed by atoms with E-state index in [9.17, 15) is 5.21 Å². The Hall–Kier alpha value is -1.89. The van der Waals surface area contributed by atoms with Gasteiger partial charge in [-0.25, -0.2) is 4.68 Å². The van der Waals surface area contributed by atoms with Crippen LogP contribution in [0, 0.1) is 5.41 Å². The number of hydrogen-bond donors (Lipinski definition) is 1. The van der Waals surface area contributed by atoms with Crippen LogP contribution in [0.2, 0.25) is 5.22 Å². The van der Waals surface area contributed by atoms with E-state index in [1.807, 2.05) is 13.8 Å². The van der Waals surface area contributed by atoms with Crippen LogP contribution in [0.5, 0.6) is 0 Å². The minimum Gasteiger partial charge on any atom is -0.443 e. The zero-order valence-electron chi connectivity index (χ0n) is 13.3. The first-order valence-electron chi connectivity index (χ1n) is 6.91. The highest BCUT2D eigenvalue weighted by molar-refractivity contribution is 6.29. The summed E-state index contributed by atoms with van der Waals surface area (Å²) in [5.41, 5.74) is -0.153. The molecule has 0 spiro atoms. The molecule has 0 atom stereocenters. The van der Waals surface area contributed by atoms with E-state index in [1.54, 1.807) is 16.8 Å². The van der Waals surface area contributed by atoms with Crippen molar-refractivity contribution in [3.05, 3.63) is 28.9 Å². The molecule has 0 aromatic carbocycles. The molecular formula is C14H20ClN5O2. The van der Waals surface area contributed by atoms with Crippen LogP contribution in [0.15, 0.2) is 21.7 Å². The monoisotopic (exact) mass is 325 g/mol. The summed E-state index contributed by atoms with van der Waals surface area (Å²) in [4.78, 5) is 0. The molecule has 0 unspecified atom stereocenters. The van der Waals surface area contributed by atoms with Gasteiger partial charge in [-0.3, -0.25) is 0 Å². The molecule has 0 amide bonds. The van der Waals surface area contributed by atoms with E-state index in [1.165, 1.54) is 0 Å². The first-order valence-corrected chi connectivity index (χ1v) is 7.29. The largest absolute Gasteiger partial charge is 0.443 e. The molecular weight excluding hydrogens is 306 g/mol. The maximum absolute atomic E-state index is 9.36. The van der Waals surface area contributed by atoms with Crippen molar-refractivity contribution in [2.24, 2.45) is 10.6 Å². The first-order chi connectivity index (χ1) is 10.1. The van der Waals surface area contributed by atoms with Gasteiger partial charge in [-0.1, -0.05) is 25.9 Å². The van der Waals surface area contributed by atoms with Gasteiger partial charge in [0.15, 0.2) is 16.7 Å². The molecule has 0 radical (unpaired) electrons. The van der Waals surface area contributed by atoms with E-state index in [4.69, 9.17) is 16.0 Å². The number of halogens is 1. The number of oxime groups is 1. The predicted octanol–water partition coefficient (Wildman–Crippen LogP) is 3.32. The number of furan rings is 1. The van der Waals surface area contributed by atoms with Gasteiger partial charge in [0.2, 0.25) is 5.82 Å². The van der Waals surface area contributed by atoms with Crippen LogP contribution in [0.3, 0.4) is 0 Å². The fraction of sp³-hybridized carbons (Fsp3) is 0.571. The molecule has 8 heteroatoms. The summed E-state index contributed by atoms with van der Waals surface area (Å²) >= 11 is 5.78. The lowest BCUT2D eigenvalue weighted by molar-refractivity contribution is 0.194. The quantitative estimate of drug-likeness (QED) is 0.529. The van der Waals surface area contributed by atoms with Gasteiger partial charge in [-0.05, 0) is 59.8 Å². The van der Waals surface area contributed by atoms with Crippen molar-refractivity contribution in [1.29, 1.82) is 0 Å². The highest BCUT2D eigenvalue weighted by atomic mass is 35.5. The minimum absolute atomic E-state index is 0.0806. The summed E-state index contributed by atoms with van der Waals surface area (Å²) in [6, 6.07) is 3.17. The molecule has 22 heavy (non-hydrogen) atoms. The average Bonchev–Trinajstić information content (AvgIpc) is 2.97. The van der Waals surface area contributed by atoms with Gasteiger partial charge in [0, 0.05) is 0 Å². The molecule has 2 heterocycles. The Labute approximate surface area is 133 Å². The van der Waals surface area contributed by atoms with Crippen LogP contribution >= 0.6 is 11.6 Å². The lowest BCUT2D eigenvalue weighted by Crippen LogP contribution is -2.35. The lowest BCUT2D eigenvalue weighted by Gasteiger charge is -2.32. The predicted molar refractivity (Wildman–Crippen MR) is 82.4 cm³/mol. The van der Waals surface area contributed by atoms with E-state index >= 15 is 0 Å². The minimum atomic E-state index is -0.372. The van der Waals surface area contributed by atoms with Crippen molar-refractivity contribution in [2.45, 2.75) is 46.6 Å². The normalized spacial score (nSPS) is 13.6. The zero-order valence-corrected chi connectivity index (χ0v) is 14.1. The van der Waals surface area contributed by atoms with E-state index in [0.29, 0.717) is 11.6 Å². The van der Waals surface area contributed by atoms with Gasteiger partial charge in [0.05, 0.1) is 5.54 Å². The van der Waals surface area contributed by atoms with Crippen molar-refractivity contribution in [3.8, 4) is 0 Å². The molecule has 0 aliphatic heterocycles. The van der Waals surface area contributed by atoms with Gasteiger partial charge in [-0.15, -0.1) is 5.10 Å². The van der Waals surface area contributed by atoms with Crippen LogP contribution in [0.4, 0.5) is 0 Å². The van der Waals surface area contributed by atoms with Crippen LogP contribution in [0.1, 0.15) is 52.6 Å². The Balaban J connectivity index is 2.44. The number of aromatic nitrogens is 4. The Kier molecular flexibility index (Phi) is 4.28. The zero-order chi connectivity index (χ0) is 16.5. The molecule has 7 nitrogen and oxygen atoms in total. The fourth-order valence-electron chi connectivity index (χ4n) is 2.76. The van der Waals surface area contributed by atoms with Crippen molar-refractivity contribution in [3.63, 3.8) is 0 Å². The molecule has 2 rings (SSSR count). The third-order valence-electron chi connectivity index (χ3n) is 3.12. The van der Waals surface area contributed by atoms with Crippen molar-refractivity contribution in [1.82, 2.24) is 20.2 Å². The van der Waals surface area contributed by atoms with Gasteiger partial charge < -0.3 is 9.62 Å². The van der Waals surface area contributed by atoms with E-state index in [-0.39, 0.29) is 21.9 Å². The first kappa shape index (κ1) is 16.5. The Morgan fingerprint density at radius 2 is 2.00 bits per heavy atom. The molecule has 0 saturated carbocycles.